The molecule has 0 bridgehead atoms. The Morgan fingerprint density at radius 3 is 1.36 bits per heavy atom. The highest BCUT2D eigenvalue weighted by Gasteiger charge is 2.42. The summed E-state index contributed by atoms with van der Waals surface area (Å²) < 4.78 is 0. The van der Waals surface area contributed by atoms with E-state index in [0.29, 0.717) is 63.2 Å². The molecule has 398 valence electrons. The van der Waals surface area contributed by atoms with Crippen molar-refractivity contribution in [1.29, 1.82) is 0 Å². The Kier molecular flexibility index (Phi) is 19.8. The number of rotatable bonds is 21. The van der Waals surface area contributed by atoms with Gasteiger partial charge in [0, 0.05) is 62.5 Å². The molecule has 0 radical (unpaired) electrons. The van der Waals surface area contributed by atoms with E-state index in [2.05, 4.69) is 45.5 Å². The second kappa shape index (κ2) is 25.7. The number of likely N-dealkylation sites (tertiary alicyclic amines) is 2. The van der Waals surface area contributed by atoms with E-state index in [1.54, 1.807) is 27.9 Å². The third-order valence-electron chi connectivity index (χ3n) is 14.8. The second-order valence-corrected chi connectivity index (χ2v) is 22.4. The molecule has 2 aliphatic heterocycles. The van der Waals surface area contributed by atoms with E-state index < -0.39 is 35.0 Å². The lowest BCUT2D eigenvalue weighted by atomic mass is 9.85. The van der Waals surface area contributed by atoms with Crippen molar-refractivity contribution in [2.24, 2.45) is 10.8 Å². The Labute approximate surface area is 440 Å². The SMILES string of the molecule is CN[C@@H](C)C(=O)N[C@H](C(=O)N1CCC[C@H]1CN(CCc1ccccc1)C(=O)c1ccc(-c2cccc(C(=O)N(CCc3ccccc3)C[C@@H]3CCCN3C(=O)[C@@H](NC(=O)[C@H](C)NC)C(C)(C)C)c2)cc1)C(C)(C)C. The van der Waals surface area contributed by atoms with Crippen LogP contribution in [0.4, 0.5) is 0 Å². The minimum atomic E-state index is -0.746. The summed E-state index contributed by atoms with van der Waals surface area (Å²) >= 11 is 0. The Hall–Kier alpha value is -6.38. The van der Waals surface area contributed by atoms with Crippen LogP contribution in [0.3, 0.4) is 0 Å². The minimum Gasteiger partial charge on any atom is -0.342 e. The maximum Gasteiger partial charge on any atom is 0.253 e. The Morgan fingerprint density at radius 2 is 0.959 bits per heavy atom. The number of nitrogens with one attached hydrogen (secondary N) is 4. The number of amides is 6. The average Bonchev–Trinajstić information content (AvgIpc) is 4.08. The molecule has 6 atom stereocenters. The quantitative estimate of drug-likeness (QED) is 0.0695. The van der Waals surface area contributed by atoms with Crippen LogP contribution < -0.4 is 21.3 Å². The Morgan fingerprint density at radius 1 is 0.541 bits per heavy atom. The van der Waals surface area contributed by atoms with Crippen molar-refractivity contribution in [1.82, 2.24) is 40.9 Å². The van der Waals surface area contributed by atoms with Crippen LogP contribution >= 0.6 is 0 Å². The molecule has 4 aromatic rings. The fourth-order valence-electron chi connectivity index (χ4n) is 9.94. The molecule has 6 amide bonds. The predicted molar refractivity (Wildman–Crippen MR) is 293 cm³/mol. The van der Waals surface area contributed by atoms with E-state index >= 15 is 0 Å². The Balaban J connectivity index is 1.22. The molecule has 0 aliphatic carbocycles. The van der Waals surface area contributed by atoms with Crippen LogP contribution in [0.25, 0.3) is 11.1 Å². The zero-order chi connectivity index (χ0) is 53.7. The summed E-state index contributed by atoms with van der Waals surface area (Å²) in [5, 5.41) is 12.0. The number of carbonyl (C=O) groups is 6. The van der Waals surface area contributed by atoms with Gasteiger partial charge in [-0.15, -0.1) is 0 Å². The summed E-state index contributed by atoms with van der Waals surface area (Å²) in [6.07, 6.45) is 4.33. The van der Waals surface area contributed by atoms with Crippen molar-refractivity contribution in [3.8, 4) is 11.1 Å². The molecule has 0 saturated carbocycles. The molecule has 74 heavy (non-hydrogen) atoms. The lowest BCUT2D eigenvalue weighted by Crippen LogP contribution is -2.59. The second-order valence-electron chi connectivity index (χ2n) is 22.4. The summed E-state index contributed by atoms with van der Waals surface area (Å²) in [6.45, 7) is 17.9. The van der Waals surface area contributed by atoms with Crippen LogP contribution in [0.2, 0.25) is 0 Å². The van der Waals surface area contributed by atoms with Crippen molar-refractivity contribution < 1.29 is 28.8 Å². The van der Waals surface area contributed by atoms with Gasteiger partial charge in [0.15, 0.2) is 0 Å². The highest BCUT2D eigenvalue weighted by molar-refractivity contribution is 5.97. The molecule has 6 rings (SSSR count). The topological polar surface area (TPSA) is 163 Å². The van der Waals surface area contributed by atoms with Gasteiger partial charge in [0.1, 0.15) is 12.1 Å². The van der Waals surface area contributed by atoms with Crippen LogP contribution in [0, 0.1) is 10.8 Å². The molecular formula is C60H82N8O6. The third kappa shape index (κ3) is 14.9. The highest BCUT2D eigenvalue weighted by atomic mass is 16.2. The summed E-state index contributed by atoms with van der Waals surface area (Å²) in [5.74, 6) is -1.05. The molecule has 14 heteroatoms. The molecule has 2 aliphatic rings. The van der Waals surface area contributed by atoms with Gasteiger partial charge in [-0.05, 0) is 124 Å². The highest BCUT2D eigenvalue weighted by Crippen LogP contribution is 2.30. The fraction of sp³-hybridized carbons (Fsp3) is 0.500. The summed E-state index contributed by atoms with van der Waals surface area (Å²) in [6, 6.07) is 32.3. The first-order valence-electron chi connectivity index (χ1n) is 26.6. The van der Waals surface area contributed by atoms with Crippen molar-refractivity contribution in [2.45, 2.75) is 130 Å². The van der Waals surface area contributed by atoms with Gasteiger partial charge in [0.05, 0.1) is 12.1 Å². The number of benzene rings is 4. The van der Waals surface area contributed by atoms with Crippen LogP contribution in [0.5, 0.6) is 0 Å². The smallest absolute Gasteiger partial charge is 0.253 e. The largest absolute Gasteiger partial charge is 0.342 e. The van der Waals surface area contributed by atoms with Gasteiger partial charge >= 0.3 is 0 Å². The molecule has 2 saturated heterocycles. The van der Waals surface area contributed by atoms with Crippen LogP contribution in [-0.2, 0) is 32.0 Å². The summed E-state index contributed by atoms with van der Waals surface area (Å²) in [4.78, 5) is 91.8. The molecule has 0 aromatic heterocycles. The normalized spacial score (nSPS) is 17.5. The van der Waals surface area contributed by atoms with E-state index in [0.717, 1.165) is 47.9 Å². The standard InChI is InChI=1S/C60H82N8O6/c1-41(61-9)53(69)63-51(59(3,4)5)57(73)67-34-18-26-49(67)39-65(36-32-43-20-13-11-14-21-43)55(71)46-30-28-45(29-31-46)47-24-17-25-48(38-47)56(72)66(37-33-44-22-15-12-16-23-44)40-50-27-19-35-68(50)58(74)52(60(6,7)8)64-54(70)42(2)62-10/h11-17,20-25,28-31,38,41-42,49-52,61-62H,18-19,26-27,32-37,39-40H2,1-10H3,(H,63,69)(H,64,70)/t41-,42-,49-,50-,51+,52+/m0/s1. The van der Waals surface area contributed by atoms with E-state index in [-0.39, 0.29) is 47.5 Å². The van der Waals surface area contributed by atoms with E-state index in [1.807, 2.05) is 146 Å². The van der Waals surface area contributed by atoms with Gasteiger partial charge in [-0.2, -0.15) is 0 Å². The van der Waals surface area contributed by atoms with Gasteiger partial charge in [-0.1, -0.05) is 126 Å². The molecule has 4 N–H and O–H groups in total. The number of hydrogen-bond acceptors (Lipinski definition) is 8. The van der Waals surface area contributed by atoms with Crippen LogP contribution in [0.1, 0.15) is 113 Å². The van der Waals surface area contributed by atoms with Crippen molar-refractivity contribution in [3.05, 3.63) is 131 Å². The number of carbonyl (C=O) groups excluding carboxylic acids is 6. The van der Waals surface area contributed by atoms with Crippen molar-refractivity contribution in [3.63, 3.8) is 0 Å². The first-order chi connectivity index (χ1) is 35.2. The zero-order valence-electron chi connectivity index (χ0n) is 45.6. The first kappa shape index (κ1) is 56.9. The predicted octanol–water partition coefficient (Wildman–Crippen LogP) is 6.98. The molecular weight excluding hydrogens is 929 g/mol. The average molecular weight is 1010 g/mol. The number of likely N-dealkylation sites (N-methyl/N-ethyl adjacent to an activating group) is 2. The Bertz CT molecular complexity index is 2520. The molecule has 4 aromatic carbocycles. The summed E-state index contributed by atoms with van der Waals surface area (Å²) in [5.41, 5.74) is 3.80. The van der Waals surface area contributed by atoms with E-state index in [9.17, 15) is 28.8 Å². The molecule has 14 nitrogen and oxygen atoms in total. The number of hydrogen-bond donors (Lipinski definition) is 4. The van der Waals surface area contributed by atoms with Gasteiger partial charge in [0.2, 0.25) is 23.6 Å². The molecule has 2 fully saturated rings. The van der Waals surface area contributed by atoms with Gasteiger partial charge < -0.3 is 40.9 Å². The van der Waals surface area contributed by atoms with Gasteiger partial charge in [-0.3, -0.25) is 28.8 Å². The van der Waals surface area contributed by atoms with Gasteiger partial charge in [0.25, 0.3) is 11.8 Å². The summed E-state index contributed by atoms with van der Waals surface area (Å²) in [7, 11) is 3.43. The maximum absolute atomic E-state index is 14.8. The van der Waals surface area contributed by atoms with Crippen LogP contribution in [-0.4, -0.2) is 145 Å². The van der Waals surface area contributed by atoms with Crippen LogP contribution in [0.15, 0.2) is 109 Å². The molecule has 0 spiro atoms. The van der Waals surface area contributed by atoms with E-state index in [1.165, 1.54) is 0 Å². The first-order valence-corrected chi connectivity index (χ1v) is 26.6. The van der Waals surface area contributed by atoms with Crippen molar-refractivity contribution >= 4 is 35.4 Å². The minimum absolute atomic E-state index is 0.140. The van der Waals surface area contributed by atoms with Crippen molar-refractivity contribution in [2.75, 3.05) is 53.4 Å². The fourth-order valence-corrected chi connectivity index (χ4v) is 9.94. The molecule has 2 heterocycles. The lowest BCUT2D eigenvalue weighted by molar-refractivity contribution is -0.141. The maximum atomic E-state index is 14.8. The zero-order valence-corrected chi connectivity index (χ0v) is 45.6. The number of nitrogens with zero attached hydrogens (tertiary/aromatic N) is 4. The molecule has 0 unspecified atom stereocenters. The third-order valence-corrected chi connectivity index (χ3v) is 14.8. The lowest BCUT2D eigenvalue weighted by Gasteiger charge is -2.37. The monoisotopic (exact) mass is 1010 g/mol. The van der Waals surface area contributed by atoms with Gasteiger partial charge in [-0.25, -0.2) is 0 Å². The van der Waals surface area contributed by atoms with E-state index in [4.69, 9.17) is 0 Å².